The van der Waals surface area contributed by atoms with Crippen molar-refractivity contribution in [3.05, 3.63) is 17.7 Å². The second-order valence-corrected chi connectivity index (χ2v) is 2.17. The predicted octanol–water partition coefficient (Wildman–Crippen LogP) is -2.54. The molecule has 1 aromatic carbocycles. The zero-order valence-corrected chi connectivity index (χ0v) is 11.9. The molecule has 0 aliphatic rings. The quantitative estimate of drug-likeness (QED) is 0.338. The third-order valence-electron chi connectivity index (χ3n) is 1.32. The van der Waals surface area contributed by atoms with Crippen molar-refractivity contribution in [2.45, 2.75) is 0 Å². The maximum Gasteiger partial charge on any atom is 2.00 e. The predicted molar refractivity (Wildman–Crippen MR) is 47.5 cm³/mol. The molecular formula is C7H9LiMgO5Zr. The van der Waals surface area contributed by atoms with E-state index in [-0.39, 0.29) is 78.0 Å². The number of rotatable bonds is 1. The maximum atomic E-state index is 10.3. The molecule has 4 N–H and O–H groups in total. The molecule has 1 aromatic rings. The van der Waals surface area contributed by atoms with E-state index >= 15 is 0 Å². The van der Waals surface area contributed by atoms with Crippen molar-refractivity contribution >= 4 is 29.0 Å². The van der Waals surface area contributed by atoms with Gasteiger partial charge in [0.25, 0.3) is 0 Å². The van der Waals surface area contributed by atoms with Gasteiger partial charge < -0.3 is 24.7 Å². The van der Waals surface area contributed by atoms with Crippen LogP contribution in [0.3, 0.4) is 0 Å². The van der Waals surface area contributed by atoms with E-state index in [9.17, 15) is 4.79 Å². The second-order valence-electron chi connectivity index (χ2n) is 2.17. The fourth-order valence-electron chi connectivity index (χ4n) is 0.728. The number of aromatic hydroxyl groups is 3. The number of benzene rings is 1. The van der Waals surface area contributed by atoms with E-state index in [2.05, 4.69) is 0 Å². The van der Waals surface area contributed by atoms with Gasteiger partial charge in [0, 0.05) is 26.2 Å². The van der Waals surface area contributed by atoms with Crippen molar-refractivity contribution in [3.63, 3.8) is 0 Å². The minimum atomic E-state index is -1.29. The molecule has 74 valence electrons. The number of phenolic OH excluding ortho intramolecular Hbond substituents is 3. The molecule has 1 rings (SSSR count). The number of hydrogen-bond acceptors (Lipinski definition) is 4. The van der Waals surface area contributed by atoms with Crippen LogP contribution >= 0.6 is 0 Å². The van der Waals surface area contributed by atoms with Crippen LogP contribution in [0.15, 0.2) is 12.1 Å². The zero-order chi connectivity index (χ0) is 9.30. The van der Waals surface area contributed by atoms with Crippen LogP contribution in [0, 0.1) is 0 Å². The molecular weight excluding hydrogens is 287 g/mol. The van der Waals surface area contributed by atoms with Crippen LogP contribution in [0.1, 0.15) is 14.6 Å². The molecule has 8 heteroatoms. The van der Waals surface area contributed by atoms with Gasteiger partial charge in [0.15, 0.2) is 17.2 Å². The molecule has 0 radical (unpaired) electrons. The summed E-state index contributed by atoms with van der Waals surface area (Å²) >= 11 is 0. The summed E-state index contributed by atoms with van der Waals surface area (Å²) in [6, 6.07) is 1.69. The van der Waals surface area contributed by atoms with Crippen molar-refractivity contribution in [3.8, 4) is 17.2 Å². The maximum absolute atomic E-state index is 10.3. The van der Waals surface area contributed by atoms with Crippen LogP contribution in [0.2, 0.25) is 0 Å². The molecule has 0 aromatic heterocycles. The van der Waals surface area contributed by atoms with Crippen LogP contribution in [0.5, 0.6) is 17.2 Å². The van der Waals surface area contributed by atoms with Crippen LogP contribution in [-0.4, -0.2) is 49.4 Å². The minimum Gasteiger partial charge on any atom is -1.00 e. The standard InChI is InChI=1S/C7H6O5.Li.Mg.Zr.3H/c8-4-1-3(7(11)12)2-5(9)6(4)10;;;;;;/h1-2,8-10H,(H,11,12);;;;;;/q;+1;+2;;3*-1. The average Bonchev–Trinajstić information content (AvgIpc) is 1.99. The van der Waals surface area contributed by atoms with Crippen molar-refractivity contribution in [2.75, 3.05) is 0 Å². The Kier molecular flexibility index (Phi) is 11.7. The Morgan fingerprint density at radius 1 is 1.13 bits per heavy atom. The summed E-state index contributed by atoms with van der Waals surface area (Å²) in [5.74, 6) is -3.33. The third kappa shape index (κ3) is 5.28. The summed E-state index contributed by atoms with van der Waals surface area (Å²) in [4.78, 5) is 10.3. The number of carboxylic acids is 1. The van der Waals surface area contributed by atoms with Crippen molar-refractivity contribution in [1.82, 2.24) is 0 Å². The van der Waals surface area contributed by atoms with Gasteiger partial charge in [-0.15, -0.1) is 0 Å². The van der Waals surface area contributed by atoms with Gasteiger partial charge in [-0.2, -0.15) is 0 Å². The van der Waals surface area contributed by atoms with Crippen molar-refractivity contribution in [1.29, 1.82) is 0 Å². The van der Waals surface area contributed by atoms with E-state index in [1.165, 1.54) is 0 Å². The van der Waals surface area contributed by atoms with E-state index in [0.717, 1.165) is 12.1 Å². The van der Waals surface area contributed by atoms with Gasteiger partial charge in [0.1, 0.15) is 0 Å². The van der Waals surface area contributed by atoms with Gasteiger partial charge in [0.2, 0.25) is 0 Å². The summed E-state index contributed by atoms with van der Waals surface area (Å²) < 4.78 is 0. The molecule has 0 aliphatic carbocycles. The van der Waals surface area contributed by atoms with Crippen molar-refractivity contribution in [2.24, 2.45) is 0 Å². The van der Waals surface area contributed by atoms with E-state index in [4.69, 9.17) is 20.4 Å². The molecule has 0 atom stereocenters. The number of carboxylic acid groups (broad SMARTS) is 1. The molecule has 0 aliphatic heterocycles. The Morgan fingerprint density at radius 3 is 1.73 bits per heavy atom. The van der Waals surface area contributed by atoms with E-state index < -0.39 is 23.2 Å². The molecule has 0 bridgehead atoms. The Hall–Kier alpha value is 0.337. The summed E-state index contributed by atoms with van der Waals surface area (Å²) in [7, 11) is 0. The molecule has 0 spiro atoms. The Morgan fingerprint density at radius 2 is 1.47 bits per heavy atom. The summed E-state index contributed by atoms with van der Waals surface area (Å²) in [5.41, 5.74) is -0.289. The first-order valence-corrected chi connectivity index (χ1v) is 3.00. The summed E-state index contributed by atoms with van der Waals surface area (Å²) in [6.07, 6.45) is 0. The van der Waals surface area contributed by atoms with Gasteiger partial charge in [-0.3, -0.25) is 0 Å². The molecule has 0 fully saturated rings. The van der Waals surface area contributed by atoms with Gasteiger partial charge in [-0.1, -0.05) is 0 Å². The summed E-state index contributed by atoms with van der Waals surface area (Å²) in [5, 5.41) is 35.0. The Balaban J connectivity index is -0.0000000600. The summed E-state index contributed by atoms with van der Waals surface area (Å²) in [6.45, 7) is 0. The third-order valence-corrected chi connectivity index (χ3v) is 1.32. The number of aromatic carboxylic acids is 1. The van der Waals surface area contributed by atoms with E-state index in [1.54, 1.807) is 0 Å². The molecule has 0 unspecified atom stereocenters. The van der Waals surface area contributed by atoms with Gasteiger partial charge >= 0.3 is 47.9 Å². The van der Waals surface area contributed by atoms with Gasteiger partial charge in [0.05, 0.1) is 5.56 Å². The molecule has 0 amide bonds. The van der Waals surface area contributed by atoms with Crippen LogP contribution in [0.4, 0.5) is 0 Å². The van der Waals surface area contributed by atoms with E-state index in [0.29, 0.717) is 0 Å². The van der Waals surface area contributed by atoms with Crippen LogP contribution in [-0.2, 0) is 26.2 Å². The Bertz CT molecular complexity index is 335. The zero-order valence-electron chi connectivity index (χ0n) is 11.1. The number of carbonyl (C=O) groups is 1. The fraction of sp³-hybridized carbons (Fsp3) is 0. The smallest absolute Gasteiger partial charge is 1.00 e. The second kappa shape index (κ2) is 8.48. The van der Waals surface area contributed by atoms with Gasteiger partial charge in [-0.05, 0) is 12.1 Å². The first kappa shape index (κ1) is 20.7. The van der Waals surface area contributed by atoms with Crippen LogP contribution in [0.25, 0.3) is 0 Å². The SMILES string of the molecule is O=C(O)c1cc(O)c(O)c(O)c1.[H-].[H-].[H-].[Li+].[Mg+2].[Zr]. The van der Waals surface area contributed by atoms with Gasteiger partial charge in [-0.25, -0.2) is 4.79 Å². The monoisotopic (exact) mass is 294 g/mol. The average molecular weight is 296 g/mol. The molecule has 0 saturated carbocycles. The van der Waals surface area contributed by atoms with E-state index in [1.807, 2.05) is 0 Å². The Labute approximate surface area is 137 Å². The number of phenols is 3. The molecule has 5 nitrogen and oxygen atoms in total. The van der Waals surface area contributed by atoms with Crippen LogP contribution < -0.4 is 18.9 Å². The fourth-order valence-corrected chi connectivity index (χ4v) is 0.728. The first-order valence-electron chi connectivity index (χ1n) is 3.00. The normalized spacial score (nSPS) is 7.73. The minimum absolute atomic E-state index is 0. The molecule has 15 heavy (non-hydrogen) atoms. The first-order chi connectivity index (χ1) is 5.52. The molecule has 0 heterocycles. The number of hydrogen-bond donors (Lipinski definition) is 4. The van der Waals surface area contributed by atoms with Crippen molar-refractivity contribution < 1.29 is 74.6 Å². The topological polar surface area (TPSA) is 98.0 Å². The largest absolute Gasteiger partial charge is 2.00 e. The molecule has 0 saturated heterocycles.